The van der Waals surface area contributed by atoms with Crippen LogP contribution in [0.15, 0.2) is 41.0 Å². The van der Waals surface area contributed by atoms with Gasteiger partial charge in [0.25, 0.3) is 5.91 Å². The molecule has 0 aliphatic rings. The Bertz CT molecular complexity index is 594. The van der Waals surface area contributed by atoms with E-state index >= 15 is 0 Å². The second-order valence-electron chi connectivity index (χ2n) is 3.54. The van der Waals surface area contributed by atoms with Gasteiger partial charge < -0.3 is 9.73 Å². The molecule has 98 valence electrons. The first kappa shape index (κ1) is 13.9. The Morgan fingerprint density at radius 1 is 1.21 bits per heavy atom. The first-order valence-electron chi connectivity index (χ1n) is 5.16. The number of benzene rings is 1. The Balaban J connectivity index is 1.99. The molecule has 2 N–H and O–H groups in total. The molecule has 19 heavy (non-hydrogen) atoms. The molecule has 0 unspecified atom stereocenters. The van der Waals surface area contributed by atoms with E-state index in [1.165, 1.54) is 12.3 Å². The first-order chi connectivity index (χ1) is 9.04. The molecule has 2 aromatic rings. The second-order valence-corrected chi connectivity index (χ2v) is 4.82. The van der Waals surface area contributed by atoms with Crippen LogP contribution in [0.25, 0.3) is 0 Å². The number of carbonyl (C=O) groups is 1. The van der Waals surface area contributed by atoms with E-state index in [0.29, 0.717) is 15.7 Å². The standard InChI is InChI=1S/C12H8Cl2N2O2S/c13-7-4-8(14)6-9(5-7)15-12(19)16-11(17)10-2-1-3-18-10/h1-6H,(H2,15,16,17,19). The van der Waals surface area contributed by atoms with E-state index < -0.39 is 5.91 Å². The molecule has 4 nitrogen and oxygen atoms in total. The lowest BCUT2D eigenvalue weighted by Crippen LogP contribution is -2.33. The van der Waals surface area contributed by atoms with E-state index in [-0.39, 0.29) is 10.9 Å². The molecule has 1 aromatic carbocycles. The Labute approximate surface area is 124 Å². The summed E-state index contributed by atoms with van der Waals surface area (Å²) in [4.78, 5) is 11.7. The number of furan rings is 1. The van der Waals surface area contributed by atoms with Crippen LogP contribution >= 0.6 is 35.4 Å². The van der Waals surface area contributed by atoms with Crippen molar-refractivity contribution in [3.8, 4) is 0 Å². The Morgan fingerprint density at radius 2 is 1.89 bits per heavy atom. The normalized spacial score (nSPS) is 10.0. The van der Waals surface area contributed by atoms with Crippen molar-refractivity contribution in [1.82, 2.24) is 5.32 Å². The van der Waals surface area contributed by atoms with Crippen molar-refractivity contribution in [3.05, 3.63) is 52.4 Å². The van der Waals surface area contributed by atoms with Gasteiger partial charge in [-0.25, -0.2) is 0 Å². The topological polar surface area (TPSA) is 54.3 Å². The third-order valence-electron chi connectivity index (χ3n) is 2.09. The van der Waals surface area contributed by atoms with Crippen molar-refractivity contribution in [2.24, 2.45) is 0 Å². The van der Waals surface area contributed by atoms with Crippen LogP contribution in [0.3, 0.4) is 0 Å². The van der Waals surface area contributed by atoms with E-state index in [0.717, 1.165) is 0 Å². The molecule has 0 atom stereocenters. The predicted molar refractivity (Wildman–Crippen MR) is 78.9 cm³/mol. The fourth-order valence-corrected chi connectivity index (χ4v) is 2.10. The molecule has 0 bridgehead atoms. The van der Waals surface area contributed by atoms with Crippen LogP contribution in [0.2, 0.25) is 10.0 Å². The molecule has 1 amide bonds. The Morgan fingerprint density at radius 3 is 2.47 bits per heavy atom. The van der Waals surface area contributed by atoms with Crippen LogP contribution < -0.4 is 10.6 Å². The summed E-state index contributed by atoms with van der Waals surface area (Å²) in [7, 11) is 0. The summed E-state index contributed by atoms with van der Waals surface area (Å²) in [5, 5.41) is 6.34. The summed E-state index contributed by atoms with van der Waals surface area (Å²) in [6, 6.07) is 8.02. The molecule has 2 rings (SSSR count). The molecular weight excluding hydrogens is 307 g/mol. The van der Waals surface area contributed by atoms with Crippen LogP contribution in [0.4, 0.5) is 5.69 Å². The number of anilines is 1. The van der Waals surface area contributed by atoms with Gasteiger partial charge in [-0.05, 0) is 42.5 Å². The number of carbonyl (C=O) groups excluding carboxylic acids is 1. The number of rotatable bonds is 2. The number of halogens is 2. The van der Waals surface area contributed by atoms with Gasteiger partial charge in [0, 0.05) is 15.7 Å². The molecule has 0 radical (unpaired) electrons. The molecule has 0 fully saturated rings. The molecule has 0 saturated heterocycles. The van der Waals surface area contributed by atoms with E-state index in [9.17, 15) is 4.79 Å². The molecule has 1 heterocycles. The minimum absolute atomic E-state index is 0.125. The lowest BCUT2D eigenvalue weighted by molar-refractivity contribution is 0.0950. The maximum atomic E-state index is 11.7. The minimum Gasteiger partial charge on any atom is -0.459 e. The Hall–Kier alpha value is -1.56. The number of thiocarbonyl (C=S) groups is 1. The third kappa shape index (κ3) is 3.96. The molecule has 0 spiro atoms. The number of nitrogens with one attached hydrogen (secondary N) is 2. The SMILES string of the molecule is O=C(NC(=S)Nc1cc(Cl)cc(Cl)c1)c1ccco1. The van der Waals surface area contributed by atoms with Crippen molar-refractivity contribution < 1.29 is 9.21 Å². The zero-order valence-electron chi connectivity index (χ0n) is 9.44. The molecule has 1 aromatic heterocycles. The van der Waals surface area contributed by atoms with Gasteiger partial charge in [0.05, 0.1) is 6.26 Å². The van der Waals surface area contributed by atoms with Crippen molar-refractivity contribution in [2.75, 3.05) is 5.32 Å². The highest BCUT2D eigenvalue weighted by atomic mass is 35.5. The fourth-order valence-electron chi connectivity index (χ4n) is 1.36. The summed E-state index contributed by atoms with van der Waals surface area (Å²) in [5.41, 5.74) is 0.585. The van der Waals surface area contributed by atoms with Gasteiger partial charge in [-0.1, -0.05) is 23.2 Å². The van der Waals surface area contributed by atoms with E-state index in [1.54, 1.807) is 24.3 Å². The first-order valence-corrected chi connectivity index (χ1v) is 6.33. The summed E-state index contributed by atoms with van der Waals surface area (Å²) < 4.78 is 4.94. The summed E-state index contributed by atoms with van der Waals surface area (Å²) >= 11 is 16.7. The van der Waals surface area contributed by atoms with E-state index in [4.69, 9.17) is 39.8 Å². The zero-order chi connectivity index (χ0) is 13.8. The highest BCUT2D eigenvalue weighted by Crippen LogP contribution is 2.22. The largest absolute Gasteiger partial charge is 0.459 e. The molecule has 7 heteroatoms. The van der Waals surface area contributed by atoms with Crippen LogP contribution in [-0.4, -0.2) is 11.0 Å². The van der Waals surface area contributed by atoms with Crippen molar-refractivity contribution in [2.45, 2.75) is 0 Å². The fraction of sp³-hybridized carbons (Fsp3) is 0. The maximum absolute atomic E-state index is 11.7. The summed E-state index contributed by atoms with van der Waals surface area (Å²) in [5.74, 6) is -0.260. The summed E-state index contributed by atoms with van der Waals surface area (Å²) in [6.45, 7) is 0. The van der Waals surface area contributed by atoms with E-state index in [2.05, 4.69) is 10.6 Å². The number of hydrogen-bond acceptors (Lipinski definition) is 3. The molecular formula is C12H8Cl2N2O2S. The van der Waals surface area contributed by atoms with Gasteiger partial charge in [-0.15, -0.1) is 0 Å². The monoisotopic (exact) mass is 314 g/mol. The average molecular weight is 315 g/mol. The highest BCUT2D eigenvalue weighted by molar-refractivity contribution is 7.80. The lowest BCUT2D eigenvalue weighted by atomic mass is 10.3. The zero-order valence-corrected chi connectivity index (χ0v) is 11.8. The van der Waals surface area contributed by atoms with Crippen LogP contribution in [-0.2, 0) is 0 Å². The van der Waals surface area contributed by atoms with Crippen LogP contribution in [0.5, 0.6) is 0 Å². The third-order valence-corrected chi connectivity index (χ3v) is 2.73. The van der Waals surface area contributed by atoms with Crippen LogP contribution in [0, 0.1) is 0 Å². The number of amides is 1. The van der Waals surface area contributed by atoms with Gasteiger partial charge in [0.1, 0.15) is 0 Å². The van der Waals surface area contributed by atoms with Gasteiger partial charge in [-0.2, -0.15) is 0 Å². The quantitative estimate of drug-likeness (QED) is 0.830. The smallest absolute Gasteiger partial charge is 0.293 e. The van der Waals surface area contributed by atoms with Crippen molar-refractivity contribution >= 4 is 52.1 Å². The maximum Gasteiger partial charge on any atom is 0.293 e. The predicted octanol–water partition coefficient (Wildman–Crippen LogP) is 3.71. The lowest BCUT2D eigenvalue weighted by Gasteiger charge is -2.09. The van der Waals surface area contributed by atoms with Gasteiger partial charge in [0.15, 0.2) is 10.9 Å². The molecule has 0 aliphatic heterocycles. The minimum atomic E-state index is -0.435. The Kier molecular flexibility index (Phi) is 4.42. The summed E-state index contributed by atoms with van der Waals surface area (Å²) in [6.07, 6.45) is 1.40. The molecule has 0 aliphatic carbocycles. The van der Waals surface area contributed by atoms with Crippen LogP contribution in [0.1, 0.15) is 10.6 Å². The van der Waals surface area contributed by atoms with Gasteiger partial charge in [-0.3, -0.25) is 10.1 Å². The van der Waals surface area contributed by atoms with Crippen molar-refractivity contribution in [3.63, 3.8) is 0 Å². The van der Waals surface area contributed by atoms with E-state index in [1.807, 2.05) is 0 Å². The second kappa shape index (κ2) is 6.06. The highest BCUT2D eigenvalue weighted by Gasteiger charge is 2.10. The molecule has 0 saturated carbocycles. The number of hydrogen-bond donors (Lipinski definition) is 2. The van der Waals surface area contributed by atoms with Crippen molar-refractivity contribution in [1.29, 1.82) is 0 Å². The van der Waals surface area contributed by atoms with Gasteiger partial charge in [0.2, 0.25) is 0 Å². The average Bonchev–Trinajstić information content (AvgIpc) is 2.80. The van der Waals surface area contributed by atoms with Gasteiger partial charge >= 0.3 is 0 Å².